The summed E-state index contributed by atoms with van der Waals surface area (Å²) in [7, 11) is 1.53. The molecule has 0 saturated heterocycles. The third-order valence-electron chi connectivity index (χ3n) is 3.67. The van der Waals surface area contributed by atoms with Crippen LogP contribution in [0.3, 0.4) is 0 Å². The summed E-state index contributed by atoms with van der Waals surface area (Å²) in [5, 5.41) is 0. The molecule has 0 aliphatic heterocycles. The third kappa shape index (κ3) is 3.38. The smallest absolute Gasteiger partial charge is 0.201 e. The van der Waals surface area contributed by atoms with Crippen LogP contribution in [0.1, 0.15) is 26.3 Å². The Labute approximate surface area is 169 Å². The second-order valence-corrected chi connectivity index (χ2v) is 7.71. The van der Waals surface area contributed by atoms with Crippen molar-refractivity contribution in [2.45, 2.75) is 0 Å². The Bertz CT molecular complexity index is 895. The number of ketones is 2. The number of hydrogen-bond acceptors (Lipinski definition) is 4. The Hall–Kier alpha value is -1.28. The lowest BCUT2D eigenvalue weighted by Crippen LogP contribution is -2.19. The summed E-state index contributed by atoms with van der Waals surface area (Å²) in [5.74, 6) is 0.140. The van der Waals surface area contributed by atoms with E-state index in [-0.39, 0.29) is 22.8 Å². The van der Waals surface area contributed by atoms with Gasteiger partial charge >= 0.3 is 0 Å². The molecule has 0 unspecified atom stereocenters. The highest BCUT2D eigenvalue weighted by atomic mass is 79.9. The van der Waals surface area contributed by atoms with Gasteiger partial charge in [0, 0.05) is 23.8 Å². The largest absolute Gasteiger partial charge is 0.465 e. The normalized spacial score (nSPS) is 13.9. The van der Waals surface area contributed by atoms with Gasteiger partial charge in [-0.1, -0.05) is 24.3 Å². The van der Waals surface area contributed by atoms with Crippen LogP contribution in [0.2, 0.25) is 0 Å². The molecule has 4 nitrogen and oxygen atoms in total. The topological polar surface area (TPSA) is 52.6 Å². The fraction of sp³-hybridized carbons (Fsp3) is 0.111. The van der Waals surface area contributed by atoms with Crippen LogP contribution in [-0.4, -0.2) is 25.5 Å². The predicted molar refractivity (Wildman–Crippen MR) is 105 cm³/mol. The molecule has 1 aliphatic rings. The number of rotatable bonds is 4. The summed E-state index contributed by atoms with van der Waals surface area (Å²) in [6.45, 7) is 0.0910. The third-order valence-corrected chi connectivity index (χ3v) is 5.60. The lowest BCUT2D eigenvalue weighted by atomic mass is 9.86. The minimum atomic E-state index is -0.211. The van der Waals surface area contributed by atoms with Crippen molar-refractivity contribution in [2.24, 2.45) is 0 Å². The molecule has 25 heavy (non-hydrogen) atoms. The van der Waals surface area contributed by atoms with Crippen LogP contribution in [0.25, 0.3) is 5.57 Å². The van der Waals surface area contributed by atoms with Crippen molar-refractivity contribution in [1.29, 1.82) is 0 Å². The summed E-state index contributed by atoms with van der Waals surface area (Å²) in [6.07, 6.45) is 0. The van der Waals surface area contributed by atoms with Crippen LogP contribution in [0.15, 0.2) is 49.8 Å². The van der Waals surface area contributed by atoms with E-state index in [2.05, 4.69) is 47.8 Å². The Balaban J connectivity index is 2.12. The molecule has 0 N–H and O–H groups in total. The van der Waals surface area contributed by atoms with Gasteiger partial charge in [0.1, 0.15) is 0 Å². The van der Waals surface area contributed by atoms with E-state index in [9.17, 15) is 9.59 Å². The number of hydrogen-bond donors (Lipinski definition) is 0. The fourth-order valence-corrected chi connectivity index (χ4v) is 4.60. The minimum Gasteiger partial charge on any atom is -0.465 e. The maximum absolute atomic E-state index is 12.9. The van der Waals surface area contributed by atoms with Crippen molar-refractivity contribution in [1.82, 2.24) is 0 Å². The molecule has 128 valence electrons. The van der Waals surface area contributed by atoms with Gasteiger partial charge in [0.05, 0.1) is 13.4 Å². The maximum Gasteiger partial charge on any atom is 0.201 e. The Morgan fingerprint density at radius 2 is 1.48 bits per heavy atom. The summed E-state index contributed by atoms with van der Waals surface area (Å²) < 4.78 is 11.9. The summed E-state index contributed by atoms with van der Waals surface area (Å²) in [5.41, 5.74) is 1.73. The van der Waals surface area contributed by atoms with Gasteiger partial charge in [-0.25, -0.2) is 0 Å². The van der Waals surface area contributed by atoms with Gasteiger partial charge in [0.15, 0.2) is 18.3 Å². The van der Waals surface area contributed by atoms with E-state index in [1.165, 1.54) is 7.11 Å². The van der Waals surface area contributed by atoms with Crippen LogP contribution in [0.5, 0.6) is 5.75 Å². The molecule has 3 rings (SSSR count). The van der Waals surface area contributed by atoms with Gasteiger partial charge < -0.3 is 9.47 Å². The Morgan fingerprint density at radius 1 is 0.920 bits per heavy atom. The number of ether oxygens (including phenoxy) is 2. The highest BCUT2D eigenvalue weighted by Gasteiger charge is 2.32. The lowest BCUT2D eigenvalue weighted by Gasteiger charge is -2.19. The molecule has 0 atom stereocenters. The highest BCUT2D eigenvalue weighted by Crippen LogP contribution is 2.41. The van der Waals surface area contributed by atoms with Crippen molar-refractivity contribution in [3.63, 3.8) is 0 Å². The highest BCUT2D eigenvalue weighted by molar-refractivity contribution is 9.12. The first-order valence-corrected chi connectivity index (χ1v) is 9.53. The number of halogens is 3. The minimum absolute atomic E-state index is 0.0910. The number of carbonyl (C=O) groups excluding carboxylic acids is 2. The van der Waals surface area contributed by atoms with Crippen LogP contribution in [0, 0.1) is 0 Å². The number of fused-ring (bicyclic) bond motifs is 1. The van der Waals surface area contributed by atoms with Gasteiger partial charge in [0.2, 0.25) is 5.78 Å². The second kappa shape index (κ2) is 7.53. The lowest BCUT2D eigenvalue weighted by molar-refractivity contribution is 0.0500. The van der Waals surface area contributed by atoms with Crippen LogP contribution in [0.4, 0.5) is 0 Å². The molecular formula is C18H11Br3O4. The zero-order valence-electron chi connectivity index (χ0n) is 12.9. The molecule has 1 aliphatic carbocycles. The molecule has 0 saturated carbocycles. The fourth-order valence-electron chi connectivity index (χ4n) is 2.56. The van der Waals surface area contributed by atoms with Gasteiger partial charge in [-0.2, -0.15) is 0 Å². The summed E-state index contributed by atoms with van der Waals surface area (Å²) in [6, 6.07) is 10.3. The van der Waals surface area contributed by atoms with Crippen LogP contribution in [-0.2, 0) is 4.74 Å². The number of methoxy groups -OCH3 is 1. The average Bonchev–Trinajstić information content (AvgIpc) is 2.59. The summed E-state index contributed by atoms with van der Waals surface area (Å²) in [4.78, 5) is 25.5. The molecule has 0 radical (unpaired) electrons. The number of carbonyl (C=O) groups is 2. The molecule has 0 heterocycles. The van der Waals surface area contributed by atoms with Crippen molar-refractivity contribution < 1.29 is 19.1 Å². The molecule has 0 spiro atoms. The molecule has 2 aromatic rings. The van der Waals surface area contributed by atoms with Crippen LogP contribution >= 0.6 is 47.8 Å². The van der Waals surface area contributed by atoms with Crippen molar-refractivity contribution in [3.05, 3.63) is 66.5 Å². The molecule has 0 bridgehead atoms. The van der Waals surface area contributed by atoms with E-state index < -0.39 is 0 Å². The molecule has 7 heteroatoms. The van der Waals surface area contributed by atoms with E-state index in [4.69, 9.17) is 9.47 Å². The number of benzene rings is 2. The number of Topliss-reactive ketones (excluding diaryl/α,β-unsaturated/α-hetero) is 2. The van der Waals surface area contributed by atoms with Gasteiger partial charge in [-0.15, -0.1) is 0 Å². The predicted octanol–water partition coefficient (Wildman–Crippen LogP) is 5.38. The SMILES string of the molecule is COCOc1c(Br)cc(C2=C(Br)C(=O)c3ccccc3C2=O)cc1Br. The average molecular weight is 531 g/mol. The van der Waals surface area contributed by atoms with E-state index in [0.29, 0.717) is 37.0 Å². The Kier molecular flexibility index (Phi) is 5.58. The first-order chi connectivity index (χ1) is 12.0. The van der Waals surface area contributed by atoms with Crippen molar-refractivity contribution in [3.8, 4) is 5.75 Å². The zero-order chi connectivity index (χ0) is 18.1. The molecule has 0 aromatic heterocycles. The monoisotopic (exact) mass is 528 g/mol. The van der Waals surface area contributed by atoms with Gasteiger partial charge in [-0.05, 0) is 65.5 Å². The molecular weight excluding hydrogens is 520 g/mol. The second-order valence-electron chi connectivity index (χ2n) is 5.21. The van der Waals surface area contributed by atoms with E-state index >= 15 is 0 Å². The zero-order valence-corrected chi connectivity index (χ0v) is 17.7. The van der Waals surface area contributed by atoms with E-state index in [0.717, 1.165) is 0 Å². The van der Waals surface area contributed by atoms with Gasteiger partial charge in [0.25, 0.3) is 0 Å². The van der Waals surface area contributed by atoms with Gasteiger partial charge in [-0.3, -0.25) is 9.59 Å². The summed E-state index contributed by atoms with van der Waals surface area (Å²) >= 11 is 10.2. The first-order valence-electron chi connectivity index (χ1n) is 7.15. The molecule has 0 amide bonds. The van der Waals surface area contributed by atoms with Crippen molar-refractivity contribution >= 4 is 64.9 Å². The quantitative estimate of drug-likeness (QED) is 0.498. The Morgan fingerprint density at radius 3 is 2.04 bits per heavy atom. The van der Waals surface area contributed by atoms with Crippen molar-refractivity contribution in [2.75, 3.05) is 13.9 Å². The maximum atomic E-state index is 12.9. The van der Waals surface area contributed by atoms with Crippen LogP contribution < -0.4 is 4.74 Å². The number of allylic oxidation sites excluding steroid dienone is 2. The molecule has 2 aromatic carbocycles. The van der Waals surface area contributed by atoms with E-state index in [1.54, 1.807) is 36.4 Å². The first kappa shape index (κ1) is 18.5. The molecule has 0 fully saturated rings. The van der Waals surface area contributed by atoms with E-state index in [1.807, 2.05) is 0 Å². The standard InChI is InChI=1S/C18H11Br3O4/c1-24-8-25-18-12(19)6-9(7-13(18)20)14-15(21)17(23)11-5-3-2-4-10(11)16(14)22/h2-7H,8H2,1H3.